The molecule has 2 aliphatic rings. The third-order valence-corrected chi connectivity index (χ3v) is 6.17. The lowest BCUT2D eigenvalue weighted by Crippen LogP contribution is -2.48. The molecule has 160 valence electrons. The van der Waals surface area contributed by atoms with E-state index in [2.05, 4.69) is 5.32 Å². The number of nitrogens with zero attached hydrogens (tertiary/aromatic N) is 1. The van der Waals surface area contributed by atoms with Crippen LogP contribution in [-0.2, 0) is 16.0 Å². The fraction of sp³-hybridized carbons (Fsp3) is 0.652. The van der Waals surface area contributed by atoms with Crippen LogP contribution in [0.2, 0.25) is 0 Å². The highest BCUT2D eigenvalue weighted by Crippen LogP contribution is 2.28. The highest BCUT2D eigenvalue weighted by Gasteiger charge is 2.29. The van der Waals surface area contributed by atoms with E-state index in [9.17, 15) is 9.59 Å². The van der Waals surface area contributed by atoms with E-state index < -0.39 is 0 Å². The van der Waals surface area contributed by atoms with E-state index in [1.54, 1.807) is 14.2 Å². The highest BCUT2D eigenvalue weighted by molar-refractivity contribution is 5.81. The van der Waals surface area contributed by atoms with Gasteiger partial charge in [-0.3, -0.25) is 9.59 Å². The number of carbonyl (C=O) groups is 2. The lowest BCUT2D eigenvalue weighted by atomic mass is 9.93. The molecule has 3 rings (SSSR count). The van der Waals surface area contributed by atoms with Crippen molar-refractivity contribution in [3.63, 3.8) is 0 Å². The van der Waals surface area contributed by atoms with Gasteiger partial charge in [-0.1, -0.05) is 25.3 Å². The predicted molar refractivity (Wildman–Crippen MR) is 112 cm³/mol. The highest BCUT2D eigenvalue weighted by atomic mass is 16.5. The predicted octanol–water partition coefficient (Wildman–Crippen LogP) is 3.32. The summed E-state index contributed by atoms with van der Waals surface area (Å²) in [6.45, 7) is 1.29. The summed E-state index contributed by atoms with van der Waals surface area (Å²) in [7, 11) is 3.22. The Labute approximate surface area is 173 Å². The van der Waals surface area contributed by atoms with Crippen molar-refractivity contribution < 1.29 is 19.1 Å². The van der Waals surface area contributed by atoms with E-state index >= 15 is 0 Å². The summed E-state index contributed by atoms with van der Waals surface area (Å²) < 4.78 is 10.6. The average molecular weight is 403 g/mol. The van der Waals surface area contributed by atoms with Gasteiger partial charge in [0.05, 0.1) is 20.1 Å². The molecule has 1 aliphatic heterocycles. The number of methoxy groups -OCH3 is 2. The molecule has 2 fully saturated rings. The fourth-order valence-electron chi connectivity index (χ4n) is 4.43. The molecule has 1 atom stereocenters. The molecule has 0 bridgehead atoms. The summed E-state index contributed by atoms with van der Waals surface area (Å²) in [6.07, 6.45) is 8.72. The van der Waals surface area contributed by atoms with Crippen molar-refractivity contribution in [2.75, 3.05) is 27.3 Å². The Morgan fingerprint density at radius 1 is 1.03 bits per heavy atom. The topological polar surface area (TPSA) is 67.9 Å². The Hall–Kier alpha value is -2.24. The molecular formula is C23H34N2O4. The fourth-order valence-corrected chi connectivity index (χ4v) is 4.43. The number of benzene rings is 1. The SMILES string of the molecule is COc1ccc(CCC(=O)N2CCCC(C(=O)NC3CCCCC3)C2)cc1OC. The van der Waals surface area contributed by atoms with Crippen LogP contribution in [0.5, 0.6) is 11.5 Å². The molecule has 1 aromatic rings. The van der Waals surface area contributed by atoms with E-state index in [4.69, 9.17) is 9.47 Å². The van der Waals surface area contributed by atoms with Gasteiger partial charge >= 0.3 is 0 Å². The number of rotatable bonds is 7. The van der Waals surface area contributed by atoms with Crippen LogP contribution >= 0.6 is 0 Å². The zero-order valence-electron chi connectivity index (χ0n) is 17.7. The molecule has 29 heavy (non-hydrogen) atoms. The number of hydrogen-bond acceptors (Lipinski definition) is 4. The van der Waals surface area contributed by atoms with Crippen molar-refractivity contribution >= 4 is 11.8 Å². The number of hydrogen-bond donors (Lipinski definition) is 1. The third kappa shape index (κ3) is 5.87. The largest absolute Gasteiger partial charge is 0.493 e. The van der Waals surface area contributed by atoms with Crippen molar-refractivity contribution in [2.24, 2.45) is 5.92 Å². The zero-order chi connectivity index (χ0) is 20.6. The molecule has 0 aromatic heterocycles. The second-order valence-electron chi connectivity index (χ2n) is 8.21. The van der Waals surface area contributed by atoms with Crippen LogP contribution in [-0.4, -0.2) is 50.1 Å². The molecule has 2 amide bonds. The first-order valence-corrected chi connectivity index (χ1v) is 10.9. The van der Waals surface area contributed by atoms with Gasteiger partial charge in [-0.25, -0.2) is 0 Å². The molecule has 1 aliphatic carbocycles. The third-order valence-electron chi connectivity index (χ3n) is 6.17. The number of piperidine rings is 1. The summed E-state index contributed by atoms with van der Waals surface area (Å²) in [5.74, 6) is 1.54. The van der Waals surface area contributed by atoms with E-state index in [0.717, 1.165) is 37.8 Å². The van der Waals surface area contributed by atoms with E-state index in [1.807, 2.05) is 23.1 Å². The second-order valence-corrected chi connectivity index (χ2v) is 8.21. The van der Waals surface area contributed by atoms with Gasteiger partial charge in [0.15, 0.2) is 11.5 Å². The number of carbonyl (C=O) groups excluding carboxylic acids is 2. The summed E-state index contributed by atoms with van der Waals surface area (Å²) in [5.41, 5.74) is 1.04. The number of likely N-dealkylation sites (tertiary alicyclic amines) is 1. The summed E-state index contributed by atoms with van der Waals surface area (Å²) in [5, 5.41) is 3.23. The first-order valence-electron chi connectivity index (χ1n) is 10.9. The molecule has 1 heterocycles. The maximum Gasteiger partial charge on any atom is 0.225 e. The quantitative estimate of drug-likeness (QED) is 0.760. The summed E-state index contributed by atoms with van der Waals surface area (Å²) in [6, 6.07) is 6.08. The number of amides is 2. The molecule has 1 N–H and O–H groups in total. The minimum atomic E-state index is -0.0734. The maximum atomic E-state index is 12.7. The van der Waals surface area contributed by atoms with Gasteiger partial charge in [0.1, 0.15) is 0 Å². The normalized spacial score (nSPS) is 20.2. The molecule has 1 aromatic carbocycles. The van der Waals surface area contributed by atoms with Crippen molar-refractivity contribution in [2.45, 2.75) is 63.8 Å². The van der Waals surface area contributed by atoms with Crippen LogP contribution in [0, 0.1) is 5.92 Å². The Morgan fingerprint density at radius 3 is 2.52 bits per heavy atom. The van der Waals surface area contributed by atoms with E-state index in [1.165, 1.54) is 19.3 Å². The van der Waals surface area contributed by atoms with Crippen LogP contribution in [0.3, 0.4) is 0 Å². The van der Waals surface area contributed by atoms with Gasteiger partial charge in [0, 0.05) is 25.6 Å². The second kappa shape index (κ2) is 10.5. The van der Waals surface area contributed by atoms with E-state index in [-0.39, 0.29) is 17.7 Å². The van der Waals surface area contributed by atoms with Gasteiger partial charge < -0.3 is 19.7 Å². The Morgan fingerprint density at radius 2 is 1.79 bits per heavy atom. The van der Waals surface area contributed by atoms with Gasteiger partial charge in [-0.15, -0.1) is 0 Å². The molecule has 6 heteroatoms. The molecule has 0 radical (unpaired) electrons. The minimum Gasteiger partial charge on any atom is -0.493 e. The van der Waals surface area contributed by atoms with Gasteiger partial charge in [0.25, 0.3) is 0 Å². The number of aryl methyl sites for hydroxylation is 1. The maximum absolute atomic E-state index is 12.7. The molecule has 6 nitrogen and oxygen atoms in total. The Balaban J connectivity index is 1.49. The summed E-state index contributed by atoms with van der Waals surface area (Å²) in [4.78, 5) is 27.3. The van der Waals surface area contributed by atoms with Gasteiger partial charge in [-0.2, -0.15) is 0 Å². The molecule has 1 unspecified atom stereocenters. The molecule has 0 spiro atoms. The van der Waals surface area contributed by atoms with Crippen molar-refractivity contribution in [3.8, 4) is 11.5 Å². The van der Waals surface area contributed by atoms with Crippen molar-refractivity contribution in [1.29, 1.82) is 0 Å². The average Bonchev–Trinajstić information content (AvgIpc) is 2.78. The zero-order valence-corrected chi connectivity index (χ0v) is 17.7. The monoisotopic (exact) mass is 402 g/mol. The Bertz CT molecular complexity index is 700. The first-order chi connectivity index (χ1) is 14.1. The molecule has 1 saturated heterocycles. The van der Waals surface area contributed by atoms with Crippen molar-refractivity contribution in [3.05, 3.63) is 23.8 Å². The number of ether oxygens (including phenoxy) is 2. The Kier molecular flexibility index (Phi) is 7.78. The van der Waals surface area contributed by atoms with Crippen molar-refractivity contribution in [1.82, 2.24) is 10.2 Å². The lowest BCUT2D eigenvalue weighted by Gasteiger charge is -2.33. The molecular weight excluding hydrogens is 368 g/mol. The smallest absolute Gasteiger partial charge is 0.225 e. The van der Waals surface area contributed by atoms with Crippen LogP contribution in [0.4, 0.5) is 0 Å². The number of nitrogens with one attached hydrogen (secondary N) is 1. The van der Waals surface area contributed by atoms with E-state index in [0.29, 0.717) is 36.9 Å². The standard InChI is InChI=1S/C23H34N2O4/c1-28-20-12-10-17(15-21(20)29-2)11-13-22(26)25-14-6-7-18(16-25)23(27)24-19-8-4-3-5-9-19/h10,12,15,18-19H,3-9,11,13-14,16H2,1-2H3,(H,24,27). The van der Waals surface area contributed by atoms with Crippen LogP contribution < -0.4 is 14.8 Å². The van der Waals surface area contributed by atoms with Crippen LogP contribution in [0.15, 0.2) is 18.2 Å². The first kappa shape index (κ1) is 21.5. The van der Waals surface area contributed by atoms with Crippen LogP contribution in [0.1, 0.15) is 56.9 Å². The van der Waals surface area contributed by atoms with Crippen LogP contribution in [0.25, 0.3) is 0 Å². The minimum absolute atomic E-state index is 0.0734. The molecule has 1 saturated carbocycles. The summed E-state index contributed by atoms with van der Waals surface area (Å²) >= 11 is 0. The van der Waals surface area contributed by atoms with Gasteiger partial charge in [-0.05, 0) is 49.8 Å². The lowest BCUT2D eigenvalue weighted by molar-refractivity contribution is -0.136. The van der Waals surface area contributed by atoms with Gasteiger partial charge in [0.2, 0.25) is 11.8 Å².